The summed E-state index contributed by atoms with van der Waals surface area (Å²) in [5, 5.41) is 14.4. The van der Waals surface area contributed by atoms with Crippen molar-refractivity contribution in [1.29, 1.82) is 0 Å². The van der Waals surface area contributed by atoms with Crippen molar-refractivity contribution in [1.82, 2.24) is 48.3 Å². The number of amides is 1. The van der Waals surface area contributed by atoms with Crippen LogP contribution in [0, 0.1) is 11.6 Å². The van der Waals surface area contributed by atoms with Crippen LogP contribution in [0.5, 0.6) is 0 Å². The second-order valence-corrected chi connectivity index (χ2v) is 17.4. The number of H-pyrrole nitrogens is 1. The van der Waals surface area contributed by atoms with E-state index in [-0.39, 0.29) is 41.6 Å². The van der Waals surface area contributed by atoms with Gasteiger partial charge in [0.25, 0.3) is 5.91 Å². The maximum atomic E-state index is 16.0. The first-order chi connectivity index (χ1) is 29.8. The van der Waals surface area contributed by atoms with Gasteiger partial charge in [0.15, 0.2) is 11.6 Å². The van der Waals surface area contributed by atoms with Crippen LogP contribution in [-0.4, -0.2) is 73.0 Å². The van der Waals surface area contributed by atoms with Crippen molar-refractivity contribution >= 4 is 27.7 Å². The third-order valence-electron chi connectivity index (χ3n) is 13.1. The highest BCUT2D eigenvalue weighted by molar-refractivity contribution is 6.00. The van der Waals surface area contributed by atoms with E-state index < -0.39 is 34.7 Å². The van der Waals surface area contributed by atoms with Crippen molar-refractivity contribution in [2.24, 2.45) is 7.05 Å². The minimum absolute atomic E-state index is 0.0439. The van der Waals surface area contributed by atoms with Gasteiger partial charge in [0.05, 0.1) is 46.7 Å². The van der Waals surface area contributed by atoms with Gasteiger partial charge >= 0.3 is 11.4 Å². The Balaban J connectivity index is 1.04. The van der Waals surface area contributed by atoms with Gasteiger partial charge in [-0.15, -0.1) is 0 Å². The molecular formula is C45H42F2N10O5. The molecule has 11 rings (SSSR count). The maximum Gasteiger partial charge on any atom is 0.438 e. The molecule has 1 N–H and O–H groups in total. The number of aromatic nitrogens is 9. The summed E-state index contributed by atoms with van der Waals surface area (Å²) in [6.07, 6.45) is 7.46. The van der Waals surface area contributed by atoms with Gasteiger partial charge in [-0.1, -0.05) is 11.2 Å². The van der Waals surface area contributed by atoms with Crippen LogP contribution in [0.3, 0.4) is 0 Å². The molecule has 15 nitrogen and oxygen atoms in total. The van der Waals surface area contributed by atoms with Gasteiger partial charge in [0.2, 0.25) is 0 Å². The first-order valence-corrected chi connectivity index (χ1v) is 20.8. The highest BCUT2D eigenvalue weighted by atomic mass is 19.1. The van der Waals surface area contributed by atoms with Crippen molar-refractivity contribution in [2.45, 2.75) is 76.1 Å². The summed E-state index contributed by atoms with van der Waals surface area (Å²) in [7, 11) is 1.71. The zero-order valence-electron chi connectivity index (χ0n) is 34.4. The Labute approximate surface area is 351 Å². The number of carbonyl (C=O) groups excluding carboxylic acids is 1. The van der Waals surface area contributed by atoms with Crippen LogP contribution in [-0.2, 0) is 23.9 Å². The van der Waals surface area contributed by atoms with Crippen LogP contribution in [0.25, 0.3) is 44.4 Å². The van der Waals surface area contributed by atoms with E-state index in [4.69, 9.17) is 14.4 Å². The zero-order valence-corrected chi connectivity index (χ0v) is 34.4. The van der Waals surface area contributed by atoms with Crippen LogP contribution < -0.4 is 11.4 Å². The van der Waals surface area contributed by atoms with E-state index in [1.807, 2.05) is 17.6 Å². The number of ether oxygens (including phenoxy) is 1. The van der Waals surface area contributed by atoms with Gasteiger partial charge in [-0.3, -0.25) is 32.8 Å². The maximum absolute atomic E-state index is 16.0. The highest BCUT2D eigenvalue weighted by Crippen LogP contribution is 2.51. The Morgan fingerprint density at radius 3 is 2.47 bits per heavy atom. The molecule has 1 saturated heterocycles. The second-order valence-electron chi connectivity index (χ2n) is 17.4. The Hall–Kier alpha value is -6.88. The summed E-state index contributed by atoms with van der Waals surface area (Å²) >= 11 is 0. The molecule has 0 bridgehead atoms. The van der Waals surface area contributed by atoms with Crippen molar-refractivity contribution in [2.75, 3.05) is 13.2 Å². The third-order valence-corrected chi connectivity index (χ3v) is 13.1. The number of benzene rings is 3. The lowest BCUT2D eigenvalue weighted by Crippen LogP contribution is -2.43. The van der Waals surface area contributed by atoms with Gasteiger partial charge in [-0.2, -0.15) is 10.2 Å². The molecule has 2 fully saturated rings. The molecular weight excluding hydrogens is 799 g/mol. The van der Waals surface area contributed by atoms with E-state index in [0.29, 0.717) is 59.1 Å². The monoisotopic (exact) mass is 840 g/mol. The second kappa shape index (κ2) is 13.6. The molecule has 0 spiro atoms. The van der Waals surface area contributed by atoms with Crippen molar-refractivity contribution < 1.29 is 22.8 Å². The molecule has 0 unspecified atom stereocenters. The Morgan fingerprint density at radius 1 is 0.952 bits per heavy atom. The number of nitrogens with zero attached hydrogens (tertiary/aromatic N) is 9. The topological polar surface area (TPSA) is 156 Å². The average molecular weight is 841 g/mol. The van der Waals surface area contributed by atoms with Gasteiger partial charge < -0.3 is 14.2 Å². The number of hydrogen-bond donors (Lipinski definition) is 1. The van der Waals surface area contributed by atoms with Crippen molar-refractivity contribution in [3.63, 3.8) is 0 Å². The lowest BCUT2D eigenvalue weighted by atomic mass is 9.83. The van der Waals surface area contributed by atoms with Crippen LogP contribution in [0.4, 0.5) is 8.78 Å². The highest BCUT2D eigenvalue weighted by Gasteiger charge is 2.52. The molecule has 1 aliphatic carbocycles. The largest absolute Gasteiger partial charge is 0.438 e. The van der Waals surface area contributed by atoms with Crippen LogP contribution in [0.2, 0.25) is 0 Å². The van der Waals surface area contributed by atoms with Crippen LogP contribution in [0.15, 0.2) is 93.4 Å². The van der Waals surface area contributed by atoms with E-state index in [9.17, 15) is 14.0 Å². The molecule has 3 aromatic carbocycles. The van der Waals surface area contributed by atoms with E-state index in [2.05, 4.69) is 47.3 Å². The lowest BCUT2D eigenvalue weighted by molar-refractivity contribution is -0.0592. The molecule has 62 heavy (non-hydrogen) atoms. The smallest absolute Gasteiger partial charge is 0.376 e. The fraction of sp³-hybridized carbons (Fsp3) is 0.333. The van der Waals surface area contributed by atoms with Gasteiger partial charge in [0, 0.05) is 49.1 Å². The first-order valence-electron chi connectivity index (χ1n) is 20.8. The number of carbonyl (C=O) groups is 1. The number of imidazole rings is 1. The van der Waals surface area contributed by atoms with E-state index in [1.54, 1.807) is 45.7 Å². The molecule has 3 aliphatic rings. The standard InChI is InChI=1S/C45H42F2N10O5/c1-25-38-39(55-17-16-54(43(55)60)34-12-11-33-31(36(34)47)24-48-52(33)4)37(26-5-8-30(46)9-6-26)50-56(38)19-18-53(25)40(58)35-22-29-21-27(28-13-20-61-44(2,3)23-28)7-10-32(29)57(35)45(14-15-45)41-49-42(59)62-51-41/h5-12,16-17,21-22,24-25,28H,13-15,18-20,23H2,1-4H3,(H,49,51,59)/t25-,28+/m1/s1. The van der Waals surface area contributed by atoms with Crippen molar-refractivity contribution in [3.8, 4) is 22.6 Å². The molecule has 0 radical (unpaired) electrons. The first kappa shape index (κ1) is 38.1. The Morgan fingerprint density at radius 2 is 1.73 bits per heavy atom. The van der Waals surface area contributed by atoms with Gasteiger partial charge in [0.1, 0.15) is 28.4 Å². The van der Waals surface area contributed by atoms with Crippen LogP contribution >= 0.6 is 0 Å². The normalized spacial score (nSPS) is 19.4. The molecule has 5 aromatic heterocycles. The Bertz CT molecular complexity index is 3230. The quantitative estimate of drug-likeness (QED) is 0.186. The summed E-state index contributed by atoms with van der Waals surface area (Å²) in [6, 6.07) is 16.7. The molecule has 17 heteroatoms. The molecule has 8 aromatic rings. The fourth-order valence-corrected chi connectivity index (χ4v) is 9.89. The summed E-state index contributed by atoms with van der Waals surface area (Å²) in [5.74, 6) is -1.35. The minimum atomic E-state index is -0.812. The molecule has 7 heterocycles. The summed E-state index contributed by atoms with van der Waals surface area (Å²) in [6.45, 7) is 7.32. The van der Waals surface area contributed by atoms with E-state index in [0.717, 1.165) is 29.3 Å². The fourth-order valence-electron chi connectivity index (χ4n) is 9.89. The minimum Gasteiger partial charge on any atom is -0.376 e. The molecule has 1 saturated carbocycles. The molecule has 2 aliphatic heterocycles. The Kier molecular flexibility index (Phi) is 8.33. The van der Waals surface area contributed by atoms with E-state index >= 15 is 9.18 Å². The number of hydrogen-bond acceptors (Lipinski definition) is 8. The third kappa shape index (κ3) is 5.77. The number of aryl methyl sites for hydroxylation is 1. The average Bonchev–Trinajstić information content (AvgIpc) is 3.71. The molecule has 316 valence electrons. The van der Waals surface area contributed by atoms with Crippen LogP contribution in [0.1, 0.15) is 86.0 Å². The molecule has 1 amide bonds. The van der Waals surface area contributed by atoms with Crippen molar-refractivity contribution in [3.05, 3.63) is 135 Å². The summed E-state index contributed by atoms with van der Waals surface area (Å²) in [4.78, 5) is 46.7. The van der Waals surface area contributed by atoms with E-state index in [1.165, 1.54) is 39.7 Å². The van der Waals surface area contributed by atoms with Gasteiger partial charge in [-0.05, 0) is 113 Å². The number of nitrogens with one attached hydrogen (secondary N) is 1. The lowest BCUT2D eigenvalue weighted by Gasteiger charge is -2.35. The number of aromatic amines is 1. The predicted octanol–water partition coefficient (Wildman–Crippen LogP) is 6.71. The molecule has 2 atom stereocenters. The number of fused-ring (bicyclic) bond motifs is 3. The number of halogens is 2. The SMILES string of the molecule is C[C@@H]1c2c(-n3ccn(-c4ccc5c(cnn5C)c4F)c3=O)c(-c3ccc(F)cc3)nn2CCN1C(=O)c1cc2cc([C@H]3CCOC(C)(C)C3)ccc2n1C1(c2noc(=O)[nH]2)CC1. The van der Waals surface area contributed by atoms with Gasteiger partial charge in [-0.25, -0.2) is 18.4 Å². The summed E-state index contributed by atoms with van der Waals surface area (Å²) in [5.41, 5.74) is 3.29. The summed E-state index contributed by atoms with van der Waals surface area (Å²) < 4.78 is 49.3. The zero-order chi connectivity index (χ0) is 42.8. The number of rotatable bonds is 7. The predicted molar refractivity (Wildman–Crippen MR) is 224 cm³/mol.